The van der Waals surface area contributed by atoms with Gasteiger partial charge in [0.25, 0.3) is 0 Å². The number of hydrogen-bond donors (Lipinski definition) is 1. The van der Waals surface area contributed by atoms with Crippen molar-refractivity contribution in [2.24, 2.45) is 0 Å². The molecule has 0 saturated heterocycles. The predicted octanol–water partition coefficient (Wildman–Crippen LogP) is 5.23. The van der Waals surface area contributed by atoms with E-state index in [-0.39, 0.29) is 26.0 Å². The molecule has 0 fully saturated rings. The Bertz CT molecular complexity index is 1170. The molecule has 0 saturated carbocycles. The number of benzene rings is 2. The summed E-state index contributed by atoms with van der Waals surface area (Å²) in [6.07, 6.45) is 0. The van der Waals surface area contributed by atoms with Crippen LogP contribution in [0.15, 0.2) is 41.3 Å². The van der Waals surface area contributed by atoms with E-state index in [0.717, 1.165) is 0 Å². The second-order valence-corrected chi connectivity index (χ2v) is 9.00. The van der Waals surface area contributed by atoms with Crippen molar-refractivity contribution in [1.29, 1.82) is 0 Å². The number of ether oxygens (including phenoxy) is 1. The minimum Gasteiger partial charge on any atom is -0.424 e. The Morgan fingerprint density at radius 3 is 2.40 bits per heavy atom. The van der Waals surface area contributed by atoms with Gasteiger partial charge in [-0.3, -0.25) is 4.57 Å². The van der Waals surface area contributed by atoms with Gasteiger partial charge in [0.15, 0.2) is 5.82 Å². The Kier molecular flexibility index (Phi) is 6.88. The van der Waals surface area contributed by atoms with Gasteiger partial charge in [-0.1, -0.05) is 39.9 Å². The van der Waals surface area contributed by atoms with Gasteiger partial charge in [0.2, 0.25) is 10.0 Å². The monoisotopic (exact) mass is 492 g/mol. The van der Waals surface area contributed by atoms with E-state index in [0.29, 0.717) is 18.1 Å². The summed E-state index contributed by atoms with van der Waals surface area (Å²) in [4.78, 5) is -0.212. The fourth-order valence-electron chi connectivity index (χ4n) is 2.67. The number of aromatic nitrogens is 3. The van der Waals surface area contributed by atoms with Gasteiger partial charge < -0.3 is 4.74 Å². The predicted molar refractivity (Wildman–Crippen MR) is 112 cm³/mol. The highest BCUT2D eigenvalue weighted by Crippen LogP contribution is 2.35. The molecular formula is C18H16Cl3FN4O3S. The first-order valence-corrected chi connectivity index (χ1v) is 11.3. The molecule has 0 aliphatic rings. The first kappa shape index (κ1) is 22.8. The Balaban J connectivity index is 1.86. The molecule has 0 amide bonds. The highest BCUT2D eigenvalue weighted by Gasteiger charge is 2.27. The summed E-state index contributed by atoms with van der Waals surface area (Å²) in [7, 11) is -4.05. The summed E-state index contributed by atoms with van der Waals surface area (Å²) < 4.78 is 48.4. The van der Waals surface area contributed by atoms with Gasteiger partial charge in [0, 0.05) is 6.54 Å². The van der Waals surface area contributed by atoms with Gasteiger partial charge in [0.05, 0.1) is 21.1 Å². The number of sulfonamides is 1. The van der Waals surface area contributed by atoms with Crippen LogP contribution in [0.25, 0.3) is 0 Å². The second kappa shape index (κ2) is 9.07. The van der Waals surface area contributed by atoms with Crippen molar-refractivity contribution in [3.05, 3.63) is 63.1 Å². The van der Waals surface area contributed by atoms with Gasteiger partial charge in [-0.25, -0.2) is 17.5 Å². The van der Waals surface area contributed by atoms with Crippen LogP contribution in [-0.2, 0) is 16.6 Å². The lowest BCUT2D eigenvalue weighted by Gasteiger charge is -2.16. The van der Waals surface area contributed by atoms with Crippen molar-refractivity contribution in [1.82, 2.24) is 19.5 Å². The molecule has 0 radical (unpaired) electrons. The lowest BCUT2D eigenvalue weighted by atomic mass is 10.3. The summed E-state index contributed by atoms with van der Waals surface area (Å²) in [6, 6.07) is 7.36. The molecular weight excluding hydrogens is 478 g/mol. The van der Waals surface area contributed by atoms with Crippen molar-refractivity contribution in [3.63, 3.8) is 0 Å². The van der Waals surface area contributed by atoms with Crippen LogP contribution in [0.3, 0.4) is 0 Å². The first-order chi connectivity index (χ1) is 14.1. The summed E-state index contributed by atoms with van der Waals surface area (Å²) in [5.74, 6) is 0.277. The fourth-order valence-corrected chi connectivity index (χ4v) is 4.84. The lowest BCUT2D eigenvalue weighted by molar-refractivity contribution is 0.407. The Morgan fingerprint density at radius 2 is 1.77 bits per heavy atom. The molecule has 0 aliphatic heterocycles. The summed E-state index contributed by atoms with van der Waals surface area (Å²) >= 11 is 17.9. The summed E-state index contributed by atoms with van der Waals surface area (Å²) in [5.41, 5.74) is 0. The second-order valence-electron chi connectivity index (χ2n) is 6.16. The van der Waals surface area contributed by atoms with E-state index in [1.165, 1.54) is 36.4 Å². The van der Waals surface area contributed by atoms with Gasteiger partial charge >= 0.3 is 6.01 Å². The highest BCUT2D eigenvalue weighted by molar-refractivity contribution is 7.89. The van der Waals surface area contributed by atoms with Gasteiger partial charge in [-0.05, 0) is 50.2 Å². The van der Waals surface area contributed by atoms with E-state index < -0.39 is 21.9 Å². The van der Waals surface area contributed by atoms with Gasteiger partial charge in [-0.2, -0.15) is 0 Å². The van der Waals surface area contributed by atoms with Crippen molar-refractivity contribution in [3.8, 4) is 11.8 Å². The standard InChI is InChI=1S/C18H16Cl3FN4O3S/c1-3-26-17(23-24-18(26)29-12-6-4-11(22)5-7-12)10(2)25-30(27,28)14-9-8-13(19)15(20)16(14)21/h4-10,25H,3H2,1-2H3/t10-/m1/s1. The molecule has 2 aromatic carbocycles. The Morgan fingerprint density at radius 1 is 1.10 bits per heavy atom. The van der Waals surface area contributed by atoms with Crippen LogP contribution in [0.1, 0.15) is 25.7 Å². The van der Waals surface area contributed by atoms with Crippen LogP contribution in [0.5, 0.6) is 11.8 Å². The van der Waals surface area contributed by atoms with E-state index in [1.807, 2.05) is 6.92 Å². The summed E-state index contributed by atoms with van der Waals surface area (Å²) in [6.45, 7) is 3.82. The molecule has 1 heterocycles. The number of nitrogens with one attached hydrogen (secondary N) is 1. The number of hydrogen-bond acceptors (Lipinski definition) is 5. The topological polar surface area (TPSA) is 86.1 Å². The third-order valence-corrected chi connectivity index (χ3v) is 7.08. The van der Waals surface area contributed by atoms with Crippen molar-refractivity contribution in [2.75, 3.05) is 0 Å². The molecule has 12 heteroatoms. The van der Waals surface area contributed by atoms with E-state index in [4.69, 9.17) is 39.5 Å². The van der Waals surface area contributed by atoms with Gasteiger partial charge in [0.1, 0.15) is 16.5 Å². The Labute approximate surface area is 187 Å². The fraction of sp³-hybridized carbons (Fsp3) is 0.222. The van der Waals surface area contributed by atoms with Crippen LogP contribution >= 0.6 is 34.8 Å². The van der Waals surface area contributed by atoms with Crippen LogP contribution in [0, 0.1) is 5.82 Å². The Hall–Kier alpha value is -1.91. The van der Waals surface area contributed by atoms with Gasteiger partial charge in [-0.15, -0.1) is 5.10 Å². The minimum atomic E-state index is -4.05. The lowest BCUT2D eigenvalue weighted by Crippen LogP contribution is -2.29. The van der Waals surface area contributed by atoms with E-state index >= 15 is 0 Å². The normalized spacial score (nSPS) is 12.7. The van der Waals surface area contributed by atoms with Crippen molar-refractivity contribution < 1.29 is 17.5 Å². The molecule has 160 valence electrons. The smallest absolute Gasteiger partial charge is 0.322 e. The largest absolute Gasteiger partial charge is 0.424 e. The molecule has 0 spiro atoms. The first-order valence-electron chi connectivity index (χ1n) is 8.66. The van der Waals surface area contributed by atoms with Crippen molar-refractivity contribution >= 4 is 44.8 Å². The number of nitrogens with zero attached hydrogens (tertiary/aromatic N) is 3. The molecule has 0 unspecified atom stereocenters. The molecule has 7 nitrogen and oxygen atoms in total. The van der Waals surface area contributed by atoms with E-state index in [1.54, 1.807) is 11.5 Å². The maximum absolute atomic E-state index is 13.1. The molecule has 1 N–H and O–H groups in total. The van der Waals surface area contributed by atoms with Crippen LogP contribution in [0.4, 0.5) is 4.39 Å². The number of halogens is 4. The molecule has 0 bridgehead atoms. The van der Waals surface area contributed by atoms with E-state index in [9.17, 15) is 12.8 Å². The highest BCUT2D eigenvalue weighted by atomic mass is 35.5. The zero-order valence-electron chi connectivity index (χ0n) is 15.7. The molecule has 30 heavy (non-hydrogen) atoms. The third kappa shape index (κ3) is 4.70. The van der Waals surface area contributed by atoms with Crippen molar-refractivity contribution in [2.45, 2.75) is 31.3 Å². The molecule has 0 aliphatic carbocycles. The minimum absolute atomic E-state index is 0.0550. The number of rotatable bonds is 7. The molecule has 1 aromatic heterocycles. The molecule has 3 aromatic rings. The van der Waals surface area contributed by atoms with E-state index in [2.05, 4.69) is 14.9 Å². The van der Waals surface area contributed by atoms with Crippen LogP contribution in [0.2, 0.25) is 15.1 Å². The zero-order valence-corrected chi connectivity index (χ0v) is 18.8. The average molecular weight is 494 g/mol. The quantitative estimate of drug-likeness (QED) is 0.456. The van der Waals surface area contributed by atoms with Crippen LogP contribution in [-0.4, -0.2) is 23.2 Å². The molecule has 3 rings (SSSR count). The third-order valence-electron chi connectivity index (χ3n) is 4.09. The SMILES string of the molecule is CCn1c(Oc2ccc(F)cc2)nnc1[C@@H](C)NS(=O)(=O)c1ccc(Cl)c(Cl)c1Cl. The maximum atomic E-state index is 13.1. The average Bonchev–Trinajstić information content (AvgIpc) is 3.10. The summed E-state index contributed by atoms with van der Waals surface area (Å²) in [5, 5.41) is 7.91. The maximum Gasteiger partial charge on any atom is 0.322 e. The van der Waals surface area contributed by atoms with Crippen LogP contribution < -0.4 is 9.46 Å². The zero-order chi connectivity index (χ0) is 22.1. The molecule has 1 atom stereocenters.